The Bertz CT molecular complexity index is 442. The average molecular weight is 243 g/mol. The predicted octanol–water partition coefficient (Wildman–Crippen LogP) is 2.30. The van der Waals surface area contributed by atoms with E-state index in [-0.39, 0.29) is 0 Å². The molecule has 2 rings (SSSR count). The lowest BCUT2D eigenvalue weighted by molar-refractivity contribution is 0.378. The van der Waals surface area contributed by atoms with Crippen molar-refractivity contribution in [2.45, 2.75) is 19.8 Å². The Balaban J connectivity index is 2.08. The molecular weight excluding hydrogens is 222 g/mol. The molecule has 3 nitrogen and oxygen atoms in total. The predicted molar refractivity (Wildman–Crippen MR) is 74.8 cm³/mol. The van der Waals surface area contributed by atoms with Crippen LogP contribution < -0.4 is 10.2 Å². The van der Waals surface area contributed by atoms with E-state index in [1.165, 1.54) is 12.8 Å². The van der Waals surface area contributed by atoms with Crippen LogP contribution in [0.4, 0.5) is 5.69 Å². The minimum Gasteiger partial charge on any atom is -0.373 e. The zero-order valence-corrected chi connectivity index (χ0v) is 11.2. The fourth-order valence-corrected chi connectivity index (χ4v) is 2.62. The quantitative estimate of drug-likeness (QED) is 0.885. The van der Waals surface area contributed by atoms with Gasteiger partial charge in [-0.25, -0.2) is 0 Å². The van der Waals surface area contributed by atoms with Gasteiger partial charge in [-0.3, -0.25) is 0 Å². The Kier molecular flexibility index (Phi) is 4.22. The molecule has 0 unspecified atom stereocenters. The third kappa shape index (κ3) is 3.02. The smallest absolute Gasteiger partial charge is 0.101 e. The lowest BCUT2D eigenvalue weighted by atomic mass is 9.97. The zero-order chi connectivity index (χ0) is 13.0. The molecule has 0 amide bonds. The average Bonchev–Trinajstić information content (AvgIpc) is 2.39. The van der Waals surface area contributed by atoms with Crippen LogP contribution in [0.5, 0.6) is 0 Å². The fourth-order valence-electron chi connectivity index (χ4n) is 2.62. The van der Waals surface area contributed by atoms with Crippen LogP contribution in [0.2, 0.25) is 0 Å². The first-order chi connectivity index (χ1) is 8.70. The summed E-state index contributed by atoms with van der Waals surface area (Å²) in [5.74, 6) is 0.740. The van der Waals surface area contributed by atoms with E-state index in [0.29, 0.717) is 0 Å². The third-order valence-electron chi connectivity index (χ3n) is 3.67. The number of nitrogens with zero attached hydrogens (tertiary/aromatic N) is 2. The van der Waals surface area contributed by atoms with Gasteiger partial charge in [0.25, 0.3) is 0 Å². The minimum atomic E-state index is 0.740. The van der Waals surface area contributed by atoms with Crippen molar-refractivity contribution in [1.82, 2.24) is 5.32 Å². The molecule has 0 radical (unpaired) electrons. The first-order valence-corrected chi connectivity index (χ1v) is 6.63. The van der Waals surface area contributed by atoms with Gasteiger partial charge >= 0.3 is 0 Å². The second-order valence-corrected chi connectivity index (χ2v) is 5.21. The van der Waals surface area contributed by atoms with E-state index in [9.17, 15) is 5.26 Å². The Hall–Kier alpha value is -1.53. The van der Waals surface area contributed by atoms with Gasteiger partial charge in [0, 0.05) is 13.6 Å². The molecule has 0 aromatic heterocycles. The van der Waals surface area contributed by atoms with Crippen molar-refractivity contribution in [3.05, 3.63) is 29.3 Å². The van der Waals surface area contributed by atoms with Gasteiger partial charge in [0.2, 0.25) is 0 Å². The molecule has 0 aliphatic carbocycles. The SMILES string of the molecule is Cc1ccc(N(C)CC2CCNCC2)c(C#N)c1. The second kappa shape index (κ2) is 5.88. The van der Waals surface area contributed by atoms with Crippen LogP contribution in [-0.2, 0) is 0 Å². The van der Waals surface area contributed by atoms with Gasteiger partial charge in [0.05, 0.1) is 11.3 Å². The first-order valence-electron chi connectivity index (χ1n) is 6.63. The number of hydrogen-bond acceptors (Lipinski definition) is 3. The van der Waals surface area contributed by atoms with E-state index in [0.717, 1.165) is 42.4 Å². The third-order valence-corrected chi connectivity index (χ3v) is 3.67. The Labute approximate surface area is 109 Å². The molecule has 1 saturated heterocycles. The number of nitrogens with one attached hydrogen (secondary N) is 1. The molecule has 1 N–H and O–H groups in total. The van der Waals surface area contributed by atoms with Crippen molar-refractivity contribution in [1.29, 1.82) is 5.26 Å². The number of nitriles is 1. The van der Waals surface area contributed by atoms with E-state index in [2.05, 4.69) is 35.5 Å². The number of aryl methyl sites for hydroxylation is 1. The molecule has 18 heavy (non-hydrogen) atoms. The molecule has 0 bridgehead atoms. The van der Waals surface area contributed by atoms with Crippen molar-refractivity contribution in [2.24, 2.45) is 5.92 Å². The molecular formula is C15H21N3. The largest absolute Gasteiger partial charge is 0.373 e. The van der Waals surface area contributed by atoms with Crippen molar-refractivity contribution >= 4 is 5.69 Å². The highest BCUT2D eigenvalue weighted by atomic mass is 15.1. The first kappa shape index (κ1) is 12.9. The normalized spacial score (nSPS) is 16.3. The molecule has 0 spiro atoms. The lowest BCUT2D eigenvalue weighted by Crippen LogP contribution is -2.34. The molecule has 3 heteroatoms. The molecule has 1 aromatic rings. The van der Waals surface area contributed by atoms with Crippen molar-refractivity contribution in [3.8, 4) is 6.07 Å². The standard InChI is InChI=1S/C15H21N3/c1-12-3-4-15(14(9-12)10-16)18(2)11-13-5-7-17-8-6-13/h3-4,9,13,17H,5-8,11H2,1-2H3. The molecule has 1 aromatic carbocycles. The van der Waals surface area contributed by atoms with Crippen LogP contribution in [0.25, 0.3) is 0 Å². The van der Waals surface area contributed by atoms with Gasteiger partial charge in [0.1, 0.15) is 6.07 Å². The van der Waals surface area contributed by atoms with Crippen LogP contribution in [-0.4, -0.2) is 26.7 Å². The minimum absolute atomic E-state index is 0.740. The summed E-state index contributed by atoms with van der Waals surface area (Å²) in [4.78, 5) is 2.23. The summed E-state index contributed by atoms with van der Waals surface area (Å²) in [6.45, 7) is 5.31. The maximum atomic E-state index is 9.21. The van der Waals surface area contributed by atoms with Gasteiger partial charge in [0.15, 0.2) is 0 Å². The van der Waals surface area contributed by atoms with Crippen molar-refractivity contribution in [2.75, 3.05) is 31.6 Å². The van der Waals surface area contributed by atoms with Gasteiger partial charge < -0.3 is 10.2 Å². The molecule has 1 heterocycles. The van der Waals surface area contributed by atoms with Crippen molar-refractivity contribution < 1.29 is 0 Å². The zero-order valence-electron chi connectivity index (χ0n) is 11.2. The van der Waals surface area contributed by atoms with Gasteiger partial charge in [-0.15, -0.1) is 0 Å². The summed E-state index contributed by atoms with van der Waals surface area (Å²) >= 11 is 0. The van der Waals surface area contributed by atoms with Gasteiger partial charge in [-0.1, -0.05) is 6.07 Å². The molecule has 1 aliphatic heterocycles. The van der Waals surface area contributed by atoms with E-state index >= 15 is 0 Å². The molecule has 0 saturated carbocycles. The van der Waals surface area contributed by atoms with Crippen molar-refractivity contribution in [3.63, 3.8) is 0 Å². The topological polar surface area (TPSA) is 39.1 Å². The summed E-state index contributed by atoms with van der Waals surface area (Å²) in [5.41, 5.74) is 2.98. The number of piperidine rings is 1. The van der Waals surface area contributed by atoms with Crippen LogP contribution in [0.1, 0.15) is 24.0 Å². The summed E-state index contributed by atoms with van der Waals surface area (Å²) < 4.78 is 0. The summed E-state index contributed by atoms with van der Waals surface area (Å²) in [7, 11) is 2.09. The van der Waals surface area contributed by atoms with Crippen LogP contribution in [0.3, 0.4) is 0 Å². The Morgan fingerprint density at radius 3 is 2.78 bits per heavy atom. The highest BCUT2D eigenvalue weighted by Gasteiger charge is 2.16. The highest BCUT2D eigenvalue weighted by molar-refractivity contribution is 5.60. The maximum Gasteiger partial charge on any atom is 0.101 e. The second-order valence-electron chi connectivity index (χ2n) is 5.21. The van der Waals surface area contributed by atoms with Crippen LogP contribution in [0, 0.1) is 24.2 Å². The monoisotopic (exact) mass is 243 g/mol. The van der Waals surface area contributed by atoms with E-state index < -0.39 is 0 Å². The Morgan fingerprint density at radius 2 is 2.11 bits per heavy atom. The summed E-state index contributed by atoms with van der Waals surface area (Å²) in [5, 5.41) is 12.6. The van der Waals surface area contributed by atoms with Gasteiger partial charge in [-0.2, -0.15) is 5.26 Å². The van der Waals surface area contributed by atoms with Crippen LogP contribution >= 0.6 is 0 Å². The number of hydrogen-bond donors (Lipinski definition) is 1. The van der Waals surface area contributed by atoms with E-state index in [1.807, 2.05) is 13.0 Å². The molecule has 0 atom stereocenters. The highest BCUT2D eigenvalue weighted by Crippen LogP contribution is 2.23. The molecule has 96 valence electrons. The molecule has 1 fully saturated rings. The lowest BCUT2D eigenvalue weighted by Gasteiger charge is -2.29. The number of anilines is 1. The number of benzene rings is 1. The summed E-state index contributed by atoms with van der Waals surface area (Å²) in [6.07, 6.45) is 2.47. The van der Waals surface area contributed by atoms with E-state index in [1.54, 1.807) is 0 Å². The molecule has 1 aliphatic rings. The van der Waals surface area contributed by atoms with Gasteiger partial charge in [-0.05, 0) is 56.5 Å². The maximum absolute atomic E-state index is 9.21. The Morgan fingerprint density at radius 1 is 1.39 bits per heavy atom. The summed E-state index contributed by atoms with van der Waals surface area (Å²) in [6, 6.07) is 8.41. The fraction of sp³-hybridized carbons (Fsp3) is 0.533. The number of rotatable bonds is 3. The van der Waals surface area contributed by atoms with E-state index in [4.69, 9.17) is 0 Å². The van der Waals surface area contributed by atoms with Crippen LogP contribution in [0.15, 0.2) is 18.2 Å².